The molecule has 2 rings (SSSR count). The molecule has 0 aliphatic rings. The van der Waals surface area contributed by atoms with E-state index >= 15 is 0 Å². The van der Waals surface area contributed by atoms with Crippen LogP contribution in [-0.2, 0) is 0 Å². The van der Waals surface area contributed by atoms with Crippen LogP contribution < -0.4 is 14.8 Å². The maximum absolute atomic E-state index is 12.5. The van der Waals surface area contributed by atoms with E-state index in [4.69, 9.17) is 21.1 Å². The van der Waals surface area contributed by atoms with Gasteiger partial charge in [0.1, 0.15) is 11.5 Å². The Balaban J connectivity index is 2.18. The minimum atomic E-state index is -0.0602. The van der Waals surface area contributed by atoms with Crippen LogP contribution in [-0.4, -0.2) is 18.7 Å². The third-order valence-corrected chi connectivity index (χ3v) is 4.59. The Bertz CT molecular complexity index is 671. The Morgan fingerprint density at radius 1 is 1.18 bits per heavy atom. The van der Waals surface area contributed by atoms with Gasteiger partial charge in [0.25, 0.3) is 0 Å². The third kappa shape index (κ3) is 4.22. The summed E-state index contributed by atoms with van der Waals surface area (Å²) in [4.78, 5) is 12.5. The van der Waals surface area contributed by atoms with Gasteiger partial charge in [0.05, 0.1) is 23.8 Å². The van der Waals surface area contributed by atoms with Gasteiger partial charge in [-0.3, -0.25) is 4.79 Å². The largest absolute Gasteiger partial charge is 0.496 e. The molecule has 3 nitrogen and oxygen atoms in total. The summed E-state index contributed by atoms with van der Waals surface area (Å²) in [6.45, 7) is 3.91. The van der Waals surface area contributed by atoms with Crippen LogP contribution in [0, 0.1) is 0 Å². The van der Waals surface area contributed by atoms with Crippen molar-refractivity contribution in [1.29, 1.82) is 0 Å². The fourth-order valence-corrected chi connectivity index (χ4v) is 3.22. The first-order chi connectivity index (χ1) is 10.5. The van der Waals surface area contributed by atoms with Crippen molar-refractivity contribution in [2.24, 2.45) is 0 Å². The molecule has 0 aromatic heterocycles. The van der Waals surface area contributed by atoms with E-state index in [-0.39, 0.29) is 20.2 Å². The fraction of sp³-hybridized carbons (Fsp3) is 0.235. The third-order valence-electron chi connectivity index (χ3n) is 2.91. The molecule has 0 bridgehead atoms. The number of benzene rings is 2. The van der Waals surface area contributed by atoms with Crippen molar-refractivity contribution in [2.45, 2.75) is 20.0 Å². The summed E-state index contributed by atoms with van der Waals surface area (Å²) in [6.07, 6.45) is 0.0829. The van der Waals surface area contributed by atoms with Gasteiger partial charge in [0.15, 0.2) is 5.52 Å². The van der Waals surface area contributed by atoms with E-state index < -0.39 is 0 Å². The molecule has 0 aliphatic heterocycles. The van der Waals surface area contributed by atoms with E-state index in [1.165, 1.54) is 0 Å². The normalized spacial score (nSPS) is 11.1. The number of ether oxygens (including phenoxy) is 2. The Hall–Kier alpha value is -1.57. The van der Waals surface area contributed by atoms with Crippen molar-refractivity contribution in [3.8, 4) is 11.5 Å². The lowest BCUT2D eigenvalue weighted by molar-refractivity contribution is 0.108. The maximum atomic E-state index is 12.5. The molecular weight excluding hydrogens is 319 g/mol. The molecule has 5 heteroatoms. The lowest BCUT2D eigenvalue weighted by Crippen LogP contribution is -2.08. The van der Waals surface area contributed by atoms with E-state index in [0.717, 1.165) is 5.30 Å². The molecule has 1 atom stereocenters. The summed E-state index contributed by atoms with van der Waals surface area (Å²) >= 11 is 6.26. The predicted molar refractivity (Wildman–Crippen MR) is 92.5 cm³/mol. The number of rotatable bonds is 6. The zero-order valence-electron chi connectivity index (χ0n) is 12.7. The average molecular weight is 337 g/mol. The summed E-state index contributed by atoms with van der Waals surface area (Å²) in [5.41, 5.74) is 0.568. The Labute approximate surface area is 137 Å². The number of halogens is 1. The van der Waals surface area contributed by atoms with Gasteiger partial charge >= 0.3 is 0 Å². The number of hydrogen-bond acceptors (Lipinski definition) is 3. The standard InChI is InChI=1S/C17H18ClO3P/c1-11(2)21-12-8-9-16(14(18)10-12)22-17(19)13-6-4-5-7-15(13)20-3/h4-11,22H,1-3H3. The topological polar surface area (TPSA) is 35.5 Å². The van der Waals surface area contributed by atoms with Gasteiger partial charge in [0, 0.05) is 0 Å². The summed E-state index contributed by atoms with van der Waals surface area (Å²) in [6, 6.07) is 12.6. The van der Waals surface area contributed by atoms with E-state index in [9.17, 15) is 4.79 Å². The molecule has 0 saturated carbocycles. The van der Waals surface area contributed by atoms with Gasteiger partial charge in [0.2, 0.25) is 0 Å². The second kappa shape index (κ2) is 7.62. The highest BCUT2D eigenvalue weighted by atomic mass is 35.5. The quantitative estimate of drug-likeness (QED) is 0.739. The highest BCUT2D eigenvalue weighted by Crippen LogP contribution is 2.29. The average Bonchev–Trinajstić information content (AvgIpc) is 2.49. The van der Waals surface area contributed by atoms with Crippen LogP contribution in [0.3, 0.4) is 0 Å². The first-order valence-electron chi connectivity index (χ1n) is 6.92. The molecule has 116 valence electrons. The summed E-state index contributed by atoms with van der Waals surface area (Å²) in [5, 5.41) is 1.34. The zero-order valence-corrected chi connectivity index (χ0v) is 14.5. The highest BCUT2D eigenvalue weighted by molar-refractivity contribution is 7.66. The van der Waals surface area contributed by atoms with Crippen LogP contribution >= 0.6 is 20.2 Å². The van der Waals surface area contributed by atoms with Gasteiger partial charge in [-0.25, -0.2) is 0 Å². The molecule has 1 unspecified atom stereocenters. The van der Waals surface area contributed by atoms with Crippen molar-refractivity contribution in [2.75, 3.05) is 7.11 Å². The maximum Gasteiger partial charge on any atom is 0.189 e. The summed E-state index contributed by atoms with van der Waals surface area (Å²) < 4.78 is 10.8. The Morgan fingerprint density at radius 3 is 2.55 bits per heavy atom. The minimum absolute atomic E-state index is 0.00289. The highest BCUT2D eigenvalue weighted by Gasteiger charge is 2.14. The van der Waals surface area contributed by atoms with E-state index in [1.807, 2.05) is 38.1 Å². The molecule has 0 heterocycles. The van der Waals surface area contributed by atoms with Crippen LogP contribution in [0.5, 0.6) is 11.5 Å². The van der Waals surface area contributed by atoms with Crippen LogP contribution in [0.2, 0.25) is 5.02 Å². The molecule has 0 aliphatic carbocycles. The first kappa shape index (κ1) is 16.8. The number of hydrogen-bond donors (Lipinski definition) is 0. The minimum Gasteiger partial charge on any atom is -0.496 e. The molecule has 22 heavy (non-hydrogen) atoms. The van der Waals surface area contributed by atoms with Crippen molar-refractivity contribution >= 4 is 31.0 Å². The Morgan fingerprint density at radius 2 is 1.91 bits per heavy atom. The van der Waals surface area contributed by atoms with Crippen LogP contribution in [0.1, 0.15) is 24.2 Å². The fourth-order valence-electron chi connectivity index (χ4n) is 1.96. The molecule has 0 N–H and O–H groups in total. The number of para-hydroxylation sites is 1. The number of carbonyl (C=O) groups is 1. The van der Waals surface area contributed by atoms with Crippen molar-refractivity contribution in [3.63, 3.8) is 0 Å². The Kier molecular flexibility index (Phi) is 5.82. The molecule has 0 saturated heterocycles. The van der Waals surface area contributed by atoms with Gasteiger partial charge in [-0.2, -0.15) is 0 Å². The van der Waals surface area contributed by atoms with Crippen LogP contribution in [0.4, 0.5) is 0 Å². The van der Waals surface area contributed by atoms with Gasteiger partial charge < -0.3 is 9.47 Å². The predicted octanol–water partition coefficient (Wildman–Crippen LogP) is 4.28. The molecule has 0 spiro atoms. The number of carbonyl (C=O) groups excluding carboxylic acids is 1. The zero-order chi connectivity index (χ0) is 16.1. The van der Waals surface area contributed by atoms with Gasteiger partial charge in [-0.05, 0) is 58.1 Å². The smallest absolute Gasteiger partial charge is 0.189 e. The SMILES string of the molecule is COc1ccccc1C(=O)Pc1ccc(OC(C)C)cc1Cl. The van der Waals surface area contributed by atoms with Crippen molar-refractivity contribution < 1.29 is 14.3 Å². The lowest BCUT2D eigenvalue weighted by Gasteiger charge is -2.12. The second-order valence-electron chi connectivity index (χ2n) is 4.96. The van der Waals surface area contributed by atoms with Crippen LogP contribution in [0.25, 0.3) is 0 Å². The number of methoxy groups -OCH3 is 1. The first-order valence-corrected chi connectivity index (χ1v) is 8.29. The van der Waals surface area contributed by atoms with Gasteiger partial charge in [-0.15, -0.1) is 0 Å². The molecular formula is C17H18ClO3P. The van der Waals surface area contributed by atoms with Gasteiger partial charge in [-0.1, -0.05) is 23.7 Å². The summed E-state index contributed by atoms with van der Waals surface area (Å²) in [7, 11) is 1.50. The van der Waals surface area contributed by atoms with E-state index in [2.05, 4.69) is 0 Å². The molecule has 2 aromatic rings. The molecule has 0 amide bonds. The molecule has 0 radical (unpaired) electrons. The van der Waals surface area contributed by atoms with Crippen molar-refractivity contribution in [3.05, 3.63) is 53.1 Å². The second-order valence-corrected chi connectivity index (χ2v) is 6.61. The molecule has 0 fully saturated rings. The van der Waals surface area contributed by atoms with Crippen LogP contribution in [0.15, 0.2) is 42.5 Å². The van der Waals surface area contributed by atoms with E-state index in [1.54, 1.807) is 25.3 Å². The van der Waals surface area contributed by atoms with E-state index in [0.29, 0.717) is 22.1 Å². The molecule has 2 aromatic carbocycles. The monoisotopic (exact) mass is 336 g/mol. The van der Waals surface area contributed by atoms with Crippen molar-refractivity contribution in [1.82, 2.24) is 0 Å². The lowest BCUT2D eigenvalue weighted by atomic mass is 10.2. The summed E-state index contributed by atoms with van der Waals surface area (Å²) in [5.74, 6) is 1.29.